The highest BCUT2D eigenvalue weighted by atomic mass is 19.4. The predicted molar refractivity (Wildman–Crippen MR) is 104 cm³/mol. The van der Waals surface area contributed by atoms with Crippen molar-refractivity contribution in [3.05, 3.63) is 23.8 Å². The number of nitrogen functional groups attached to an aromatic ring is 1. The molecule has 1 saturated carbocycles. The first-order chi connectivity index (χ1) is 15.0. The molecule has 10 nitrogen and oxygen atoms in total. The van der Waals surface area contributed by atoms with E-state index in [0.29, 0.717) is 16.6 Å². The Morgan fingerprint density at radius 1 is 1.31 bits per heavy atom. The van der Waals surface area contributed by atoms with Gasteiger partial charge in [0.05, 0.1) is 5.39 Å². The zero-order valence-corrected chi connectivity index (χ0v) is 17.3. The van der Waals surface area contributed by atoms with Crippen LogP contribution in [0.3, 0.4) is 0 Å². The highest BCUT2D eigenvalue weighted by molar-refractivity contribution is 6.07. The van der Waals surface area contributed by atoms with Crippen LogP contribution in [0.5, 0.6) is 0 Å². The molecule has 0 bridgehead atoms. The van der Waals surface area contributed by atoms with E-state index >= 15 is 0 Å². The van der Waals surface area contributed by atoms with Crippen LogP contribution < -0.4 is 5.73 Å². The summed E-state index contributed by atoms with van der Waals surface area (Å²) in [5, 5.41) is 4.67. The number of anilines is 1. The van der Waals surface area contributed by atoms with Gasteiger partial charge < -0.3 is 19.7 Å². The minimum atomic E-state index is -5.26. The van der Waals surface area contributed by atoms with Gasteiger partial charge in [-0.05, 0) is 26.7 Å². The number of hydrogen-bond donors (Lipinski definition) is 1. The fourth-order valence-corrected chi connectivity index (χ4v) is 3.37. The predicted octanol–water partition coefficient (Wildman–Crippen LogP) is 3.22. The van der Waals surface area contributed by atoms with Crippen molar-refractivity contribution in [2.24, 2.45) is 0 Å². The number of fused-ring (bicyclic) bond motifs is 1. The molecule has 3 aromatic heterocycles. The first-order valence-corrected chi connectivity index (χ1v) is 9.68. The number of amides is 1. The topological polar surface area (TPSA) is 129 Å². The third-order valence-electron chi connectivity index (χ3n) is 5.07. The third kappa shape index (κ3) is 3.63. The van der Waals surface area contributed by atoms with E-state index in [1.807, 2.05) is 13.8 Å². The van der Waals surface area contributed by atoms with Gasteiger partial charge in [-0.3, -0.25) is 4.79 Å². The van der Waals surface area contributed by atoms with E-state index in [1.54, 1.807) is 10.8 Å². The Labute approximate surface area is 179 Å². The molecule has 13 heteroatoms. The van der Waals surface area contributed by atoms with Crippen molar-refractivity contribution in [2.75, 3.05) is 12.8 Å². The molecule has 3 aromatic rings. The van der Waals surface area contributed by atoms with E-state index < -0.39 is 18.1 Å². The third-order valence-corrected chi connectivity index (χ3v) is 5.07. The van der Waals surface area contributed by atoms with Crippen molar-refractivity contribution < 1.29 is 32.1 Å². The Balaban J connectivity index is 1.85. The van der Waals surface area contributed by atoms with Gasteiger partial charge in [0, 0.05) is 30.8 Å². The zero-order valence-electron chi connectivity index (χ0n) is 17.3. The second-order valence-electron chi connectivity index (χ2n) is 7.73. The molecule has 0 saturated heterocycles. The molecule has 1 fully saturated rings. The quantitative estimate of drug-likeness (QED) is 0.598. The van der Waals surface area contributed by atoms with E-state index in [4.69, 9.17) is 10.3 Å². The SMILES string of the molecule is CC(C)n1cc(-c2noc(C3CC3)c2C(=O)N(C)OC(=O)C(F)(F)F)c2c(N)ncnc21. The molecule has 0 aliphatic heterocycles. The molecule has 32 heavy (non-hydrogen) atoms. The van der Waals surface area contributed by atoms with Crippen molar-refractivity contribution in [1.29, 1.82) is 0 Å². The zero-order chi connectivity index (χ0) is 23.4. The van der Waals surface area contributed by atoms with E-state index in [0.717, 1.165) is 19.9 Å². The first kappa shape index (κ1) is 21.6. The lowest BCUT2D eigenvalue weighted by atomic mass is 10.0. The van der Waals surface area contributed by atoms with Gasteiger partial charge in [0.1, 0.15) is 29.0 Å². The van der Waals surface area contributed by atoms with Gasteiger partial charge >= 0.3 is 12.1 Å². The maximum atomic E-state index is 13.1. The number of hydroxylamine groups is 2. The van der Waals surface area contributed by atoms with Crippen LogP contribution in [0.1, 0.15) is 54.8 Å². The van der Waals surface area contributed by atoms with Gasteiger partial charge in [-0.15, -0.1) is 0 Å². The van der Waals surface area contributed by atoms with Gasteiger partial charge in [0.25, 0.3) is 5.91 Å². The first-order valence-electron chi connectivity index (χ1n) is 9.68. The largest absolute Gasteiger partial charge is 0.493 e. The average Bonchev–Trinajstić information content (AvgIpc) is 3.33. The highest BCUT2D eigenvalue weighted by Crippen LogP contribution is 2.45. The number of aromatic nitrogens is 4. The summed E-state index contributed by atoms with van der Waals surface area (Å²) in [5.41, 5.74) is 6.90. The second kappa shape index (κ2) is 7.50. The Morgan fingerprint density at radius 3 is 2.59 bits per heavy atom. The molecule has 0 spiro atoms. The standard InChI is InChI=1S/C19H19F3N6O4/c1-8(2)28-6-10(11-15(23)24-7-25-16(11)28)13-12(14(31-26-13)9-4-5-9)17(29)27(3)32-18(30)19(20,21)22/h6-9H,4-5H2,1-3H3,(H2,23,24,25). The molecule has 0 unspecified atom stereocenters. The smallest absolute Gasteiger partial charge is 0.383 e. The molecule has 2 N–H and O–H groups in total. The Kier molecular flexibility index (Phi) is 5.06. The molecule has 4 rings (SSSR count). The number of nitrogens with two attached hydrogens (primary N) is 1. The summed E-state index contributed by atoms with van der Waals surface area (Å²) in [5.74, 6) is -3.31. The highest BCUT2D eigenvalue weighted by Gasteiger charge is 2.44. The number of halogens is 3. The Morgan fingerprint density at radius 2 is 2.00 bits per heavy atom. The van der Waals surface area contributed by atoms with Crippen LogP contribution in [-0.4, -0.2) is 49.9 Å². The van der Waals surface area contributed by atoms with Crippen LogP contribution in [0, 0.1) is 0 Å². The van der Waals surface area contributed by atoms with Crippen LogP contribution in [0.4, 0.5) is 19.0 Å². The van der Waals surface area contributed by atoms with Crippen molar-refractivity contribution in [3.8, 4) is 11.3 Å². The van der Waals surface area contributed by atoms with Gasteiger partial charge in [-0.25, -0.2) is 14.8 Å². The number of rotatable bonds is 4. The van der Waals surface area contributed by atoms with Crippen LogP contribution >= 0.6 is 0 Å². The molecular formula is C19H19F3N6O4. The second-order valence-corrected chi connectivity index (χ2v) is 7.73. The Bertz CT molecular complexity index is 1210. The van der Waals surface area contributed by atoms with E-state index in [9.17, 15) is 22.8 Å². The molecule has 0 aromatic carbocycles. The van der Waals surface area contributed by atoms with Crippen LogP contribution in [0.25, 0.3) is 22.3 Å². The van der Waals surface area contributed by atoms with Crippen LogP contribution in [0.2, 0.25) is 0 Å². The normalized spacial score (nSPS) is 14.2. The van der Waals surface area contributed by atoms with Crippen molar-refractivity contribution in [3.63, 3.8) is 0 Å². The molecule has 3 heterocycles. The van der Waals surface area contributed by atoms with Crippen molar-refractivity contribution >= 4 is 28.7 Å². The molecule has 170 valence electrons. The summed E-state index contributed by atoms with van der Waals surface area (Å²) in [6.45, 7) is 3.83. The number of hydrogen-bond acceptors (Lipinski definition) is 8. The maximum Gasteiger partial charge on any atom is 0.493 e. The summed E-state index contributed by atoms with van der Waals surface area (Å²) >= 11 is 0. The molecular weight excluding hydrogens is 433 g/mol. The summed E-state index contributed by atoms with van der Waals surface area (Å²) in [4.78, 5) is 36.8. The fourth-order valence-electron chi connectivity index (χ4n) is 3.37. The lowest BCUT2D eigenvalue weighted by molar-refractivity contribution is -0.225. The molecule has 0 radical (unpaired) electrons. The maximum absolute atomic E-state index is 13.1. The average molecular weight is 452 g/mol. The van der Waals surface area contributed by atoms with E-state index in [2.05, 4.69) is 20.0 Å². The van der Waals surface area contributed by atoms with E-state index in [1.165, 1.54) is 6.33 Å². The number of carbonyl (C=O) groups is 2. The minimum absolute atomic E-state index is 0.0371. The summed E-state index contributed by atoms with van der Waals surface area (Å²) in [6.07, 6.45) is -0.843. The number of carbonyl (C=O) groups excluding carboxylic acids is 2. The van der Waals surface area contributed by atoms with Gasteiger partial charge in [0.15, 0.2) is 5.76 Å². The van der Waals surface area contributed by atoms with Gasteiger partial charge in [0.2, 0.25) is 0 Å². The van der Waals surface area contributed by atoms with Gasteiger partial charge in [-0.1, -0.05) is 5.16 Å². The van der Waals surface area contributed by atoms with Crippen LogP contribution in [0.15, 0.2) is 17.0 Å². The minimum Gasteiger partial charge on any atom is -0.383 e. The summed E-state index contributed by atoms with van der Waals surface area (Å²) in [6, 6.07) is -0.0371. The van der Waals surface area contributed by atoms with Crippen molar-refractivity contribution in [1.82, 2.24) is 24.8 Å². The molecule has 1 aliphatic rings. The molecule has 1 amide bonds. The monoisotopic (exact) mass is 452 g/mol. The van der Waals surface area contributed by atoms with Crippen molar-refractivity contribution in [2.45, 2.75) is 44.8 Å². The lowest BCUT2D eigenvalue weighted by Gasteiger charge is -2.17. The summed E-state index contributed by atoms with van der Waals surface area (Å²) in [7, 11) is 0.911. The molecule has 1 aliphatic carbocycles. The lowest BCUT2D eigenvalue weighted by Crippen LogP contribution is -2.36. The Hall–Kier alpha value is -3.64. The fraction of sp³-hybridized carbons (Fsp3) is 0.421. The summed E-state index contributed by atoms with van der Waals surface area (Å²) < 4.78 is 45.0. The molecule has 0 atom stereocenters. The number of alkyl halides is 3. The van der Waals surface area contributed by atoms with E-state index in [-0.39, 0.29) is 39.9 Å². The van der Waals surface area contributed by atoms with Gasteiger partial charge in [-0.2, -0.15) is 18.2 Å². The number of nitrogens with zero attached hydrogens (tertiary/aromatic N) is 5. The van der Waals surface area contributed by atoms with Crippen LogP contribution in [-0.2, 0) is 9.63 Å².